The number of ketones is 1. The van der Waals surface area contributed by atoms with Gasteiger partial charge in [0.15, 0.2) is 5.78 Å². The molecular weight excluding hydrogens is 276 g/mol. The first kappa shape index (κ1) is 12.8. The van der Waals surface area contributed by atoms with Crippen molar-refractivity contribution in [3.63, 3.8) is 0 Å². The van der Waals surface area contributed by atoms with Crippen LogP contribution in [0, 0.1) is 0 Å². The van der Waals surface area contributed by atoms with Gasteiger partial charge in [-0.15, -0.1) is 0 Å². The monoisotopic (exact) mass is 294 g/mol. The smallest absolute Gasteiger partial charge is 0.194 e. The van der Waals surface area contributed by atoms with Crippen LogP contribution in [-0.2, 0) is 6.42 Å². The van der Waals surface area contributed by atoms with Gasteiger partial charge in [0.05, 0.1) is 14.7 Å². The highest BCUT2D eigenvalue weighted by Gasteiger charge is 2.37. The van der Waals surface area contributed by atoms with Gasteiger partial charge in [-0.2, -0.15) is 0 Å². The molecule has 0 aromatic heterocycles. The van der Waals surface area contributed by atoms with Crippen LogP contribution >= 0.6 is 0 Å². The fourth-order valence-corrected chi connectivity index (χ4v) is 5.82. The summed E-state index contributed by atoms with van der Waals surface area (Å²) in [7, 11) is -1.63. The average Bonchev–Trinajstić information content (AvgIpc) is 3.00. The van der Waals surface area contributed by atoms with E-state index in [2.05, 4.69) is 31.8 Å². The van der Waals surface area contributed by atoms with E-state index in [-0.39, 0.29) is 5.78 Å². The maximum atomic E-state index is 12.9. The maximum absolute atomic E-state index is 12.9. The van der Waals surface area contributed by atoms with Gasteiger partial charge in [-0.25, -0.2) is 0 Å². The molecule has 0 amide bonds. The van der Waals surface area contributed by atoms with E-state index in [9.17, 15) is 4.79 Å². The molecule has 0 unspecified atom stereocenters. The minimum atomic E-state index is -1.63. The van der Waals surface area contributed by atoms with Crippen molar-refractivity contribution in [2.24, 2.45) is 0 Å². The van der Waals surface area contributed by atoms with Crippen LogP contribution in [0.1, 0.15) is 21.5 Å². The normalized spacial score (nSPS) is 15.5. The Kier molecular flexibility index (Phi) is 2.49. The standard InChI is InChI=1S/C18H18O2Si/c1-21(2,3)18-13-8-9-20-15(13)10-14-11-6-4-5-7-12(11)17(19)16(14)18/h4-7,10H,8-9H2,1-3H3. The third-order valence-electron chi connectivity index (χ3n) is 4.44. The molecule has 0 radical (unpaired) electrons. The fraction of sp³-hybridized carbons (Fsp3) is 0.278. The largest absolute Gasteiger partial charge is 0.493 e. The molecule has 2 aliphatic rings. The highest BCUT2D eigenvalue weighted by atomic mass is 28.3. The molecule has 2 aromatic rings. The fourth-order valence-electron chi connectivity index (χ4n) is 3.67. The van der Waals surface area contributed by atoms with Crippen molar-refractivity contribution in [2.75, 3.05) is 6.61 Å². The predicted molar refractivity (Wildman–Crippen MR) is 87.5 cm³/mol. The minimum Gasteiger partial charge on any atom is -0.493 e. The second-order valence-electron chi connectivity index (χ2n) is 6.87. The summed E-state index contributed by atoms with van der Waals surface area (Å²) in [6.45, 7) is 7.69. The Morgan fingerprint density at radius 1 is 1.05 bits per heavy atom. The molecule has 0 atom stereocenters. The Labute approximate surface area is 125 Å². The number of ether oxygens (including phenoxy) is 1. The zero-order valence-electron chi connectivity index (χ0n) is 12.6. The number of carbonyl (C=O) groups excluding carboxylic acids is 1. The number of benzene rings is 2. The van der Waals surface area contributed by atoms with Gasteiger partial charge < -0.3 is 4.74 Å². The van der Waals surface area contributed by atoms with Crippen LogP contribution in [0.2, 0.25) is 19.6 Å². The molecule has 0 bridgehead atoms. The van der Waals surface area contributed by atoms with Gasteiger partial charge in [0.1, 0.15) is 5.75 Å². The molecule has 0 spiro atoms. The second-order valence-corrected chi connectivity index (χ2v) is 11.9. The van der Waals surface area contributed by atoms with Crippen molar-refractivity contribution in [3.05, 3.63) is 47.0 Å². The molecule has 0 fully saturated rings. The van der Waals surface area contributed by atoms with E-state index in [1.54, 1.807) is 0 Å². The Morgan fingerprint density at radius 3 is 2.48 bits per heavy atom. The summed E-state index contributed by atoms with van der Waals surface area (Å²) in [4.78, 5) is 12.9. The first-order valence-corrected chi connectivity index (χ1v) is 11.0. The Hall–Kier alpha value is -1.87. The molecule has 0 N–H and O–H groups in total. The van der Waals surface area contributed by atoms with E-state index in [1.165, 1.54) is 10.8 Å². The summed E-state index contributed by atoms with van der Waals surface area (Å²) in [5.74, 6) is 1.20. The summed E-state index contributed by atoms with van der Waals surface area (Å²) in [6, 6.07) is 10.0. The molecule has 1 aliphatic heterocycles. The molecule has 2 nitrogen and oxygen atoms in total. The number of hydrogen-bond donors (Lipinski definition) is 0. The molecule has 106 valence electrons. The number of carbonyl (C=O) groups is 1. The lowest BCUT2D eigenvalue weighted by atomic mass is 10.0. The zero-order valence-corrected chi connectivity index (χ0v) is 13.6. The first-order valence-electron chi connectivity index (χ1n) is 7.46. The molecule has 4 rings (SSSR count). The van der Waals surface area contributed by atoms with Crippen LogP contribution in [0.5, 0.6) is 5.75 Å². The lowest BCUT2D eigenvalue weighted by Crippen LogP contribution is -2.43. The van der Waals surface area contributed by atoms with E-state index in [0.29, 0.717) is 0 Å². The molecule has 1 heterocycles. The van der Waals surface area contributed by atoms with Crippen LogP contribution in [0.4, 0.5) is 0 Å². The molecule has 3 heteroatoms. The topological polar surface area (TPSA) is 26.3 Å². The van der Waals surface area contributed by atoms with Crippen molar-refractivity contribution >= 4 is 19.0 Å². The molecule has 0 saturated heterocycles. The van der Waals surface area contributed by atoms with Crippen molar-refractivity contribution in [3.8, 4) is 16.9 Å². The summed E-state index contributed by atoms with van der Waals surface area (Å²) in [6.07, 6.45) is 0.936. The predicted octanol–water partition coefficient (Wildman–Crippen LogP) is 3.38. The third kappa shape index (κ3) is 1.67. The van der Waals surface area contributed by atoms with Crippen LogP contribution < -0.4 is 9.92 Å². The van der Waals surface area contributed by atoms with Gasteiger partial charge in [-0.1, -0.05) is 43.9 Å². The van der Waals surface area contributed by atoms with Gasteiger partial charge in [0.2, 0.25) is 0 Å². The van der Waals surface area contributed by atoms with E-state index < -0.39 is 8.07 Å². The van der Waals surface area contributed by atoms with Crippen LogP contribution in [-0.4, -0.2) is 20.5 Å². The summed E-state index contributed by atoms with van der Waals surface area (Å²) >= 11 is 0. The van der Waals surface area contributed by atoms with E-state index in [4.69, 9.17) is 4.74 Å². The Morgan fingerprint density at radius 2 is 1.76 bits per heavy atom. The Balaban J connectivity index is 2.12. The molecule has 2 aromatic carbocycles. The average molecular weight is 294 g/mol. The van der Waals surface area contributed by atoms with Crippen LogP contribution in [0.3, 0.4) is 0 Å². The van der Waals surface area contributed by atoms with Gasteiger partial charge in [0.25, 0.3) is 0 Å². The molecule has 21 heavy (non-hydrogen) atoms. The lowest BCUT2D eigenvalue weighted by molar-refractivity contribution is 0.104. The third-order valence-corrected chi connectivity index (χ3v) is 6.49. The SMILES string of the molecule is C[Si](C)(C)c1c2c(cc3c1C(=O)c1ccccc1-3)OCC2. The van der Waals surface area contributed by atoms with E-state index >= 15 is 0 Å². The van der Waals surface area contributed by atoms with E-state index in [0.717, 1.165) is 41.0 Å². The molecule has 0 saturated carbocycles. The first-order chi connectivity index (χ1) is 9.98. The van der Waals surface area contributed by atoms with Crippen LogP contribution in [0.15, 0.2) is 30.3 Å². The maximum Gasteiger partial charge on any atom is 0.194 e. The minimum absolute atomic E-state index is 0.202. The van der Waals surface area contributed by atoms with Crippen LogP contribution in [0.25, 0.3) is 11.1 Å². The number of hydrogen-bond acceptors (Lipinski definition) is 2. The molecular formula is C18H18O2Si. The van der Waals surface area contributed by atoms with Gasteiger partial charge in [0, 0.05) is 17.5 Å². The Bertz CT molecular complexity index is 785. The number of rotatable bonds is 1. The van der Waals surface area contributed by atoms with E-state index in [1.807, 2.05) is 18.2 Å². The van der Waals surface area contributed by atoms with Crippen molar-refractivity contribution in [1.29, 1.82) is 0 Å². The summed E-state index contributed by atoms with van der Waals surface area (Å²) < 4.78 is 5.82. The highest BCUT2D eigenvalue weighted by Crippen LogP contribution is 2.41. The van der Waals surface area contributed by atoms with Gasteiger partial charge in [-0.05, 0) is 27.9 Å². The zero-order chi connectivity index (χ0) is 14.8. The quantitative estimate of drug-likeness (QED) is 0.643. The highest BCUT2D eigenvalue weighted by molar-refractivity contribution is 6.90. The van der Waals surface area contributed by atoms with Gasteiger partial charge >= 0.3 is 0 Å². The van der Waals surface area contributed by atoms with Crippen molar-refractivity contribution in [2.45, 2.75) is 26.1 Å². The van der Waals surface area contributed by atoms with Gasteiger partial charge in [-0.3, -0.25) is 4.79 Å². The van der Waals surface area contributed by atoms with Crippen molar-refractivity contribution in [1.82, 2.24) is 0 Å². The van der Waals surface area contributed by atoms with Crippen molar-refractivity contribution < 1.29 is 9.53 Å². The second kappa shape index (κ2) is 4.07. The number of fused-ring (bicyclic) bond motifs is 4. The lowest BCUT2D eigenvalue weighted by Gasteiger charge is -2.23. The molecule has 1 aliphatic carbocycles. The summed E-state index contributed by atoms with van der Waals surface area (Å²) in [5, 5.41) is 1.31. The summed E-state index contributed by atoms with van der Waals surface area (Å²) in [5.41, 5.74) is 5.23.